The molecule has 0 bridgehead atoms. The van der Waals surface area contributed by atoms with Gasteiger partial charge < -0.3 is 14.7 Å². The first-order chi connectivity index (χ1) is 11.5. The van der Waals surface area contributed by atoms with Crippen LogP contribution in [0.5, 0.6) is 11.5 Å². The maximum Gasteiger partial charge on any atom is 0.414 e. The Hall–Kier alpha value is -3.08. The van der Waals surface area contributed by atoms with Crippen LogP contribution in [0.4, 0.5) is 4.79 Å². The van der Waals surface area contributed by atoms with E-state index in [1.807, 2.05) is 6.92 Å². The minimum Gasteiger partial charge on any atom is -0.508 e. The summed E-state index contributed by atoms with van der Waals surface area (Å²) in [5, 5.41) is 9.39. The largest absolute Gasteiger partial charge is 0.508 e. The molecule has 24 heavy (non-hydrogen) atoms. The molecule has 2 aromatic carbocycles. The highest BCUT2D eigenvalue weighted by atomic mass is 16.6. The lowest BCUT2D eigenvalue weighted by Crippen LogP contribution is -2.29. The van der Waals surface area contributed by atoms with Crippen molar-refractivity contribution in [1.82, 2.24) is 4.90 Å². The number of allylic oxidation sites excluding steroid dienone is 1. The van der Waals surface area contributed by atoms with Crippen molar-refractivity contribution < 1.29 is 19.4 Å². The smallest absolute Gasteiger partial charge is 0.414 e. The van der Waals surface area contributed by atoms with Crippen LogP contribution in [0.1, 0.15) is 22.8 Å². The zero-order valence-electron chi connectivity index (χ0n) is 13.6. The second-order valence-corrected chi connectivity index (χ2v) is 5.20. The number of phenolic OH excluding ortho intramolecular Hbond substituents is 1. The van der Waals surface area contributed by atoms with E-state index in [0.29, 0.717) is 17.9 Å². The van der Waals surface area contributed by atoms with E-state index in [-0.39, 0.29) is 11.5 Å². The predicted octanol–water partition coefficient (Wildman–Crippen LogP) is 3.74. The third-order valence-electron chi connectivity index (χ3n) is 3.43. The van der Waals surface area contributed by atoms with E-state index in [0.717, 1.165) is 5.56 Å². The van der Waals surface area contributed by atoms with Gasteiger partial charge in [0.2, 0.25) is 0 Å². The molecule has 2 aromatic rings. The fourth-order valence-electron chi connectivity index (χ4n) is 1.88. The zero-order valence-corrected chi connectivity index (χ0v) is 13.6. The van der Waals surface area contributed by atoms with Gasteiger partial charge in [-0.2, -0.15) is 0 Å². The Morgan fingerprint density at radius 1 is 1.17 bits per heavy atom. The SMILES string of the molecule is CCN(C)C(=O)Oc1ccc(/C=C/C(=O)c2cccc(O)c2)cc1. The molecule has 0 spiro atoms. The first-order valence-corrected chi connectivity index (χ1v) is 7.54. The molecule has 0 atom stereocenters. The van der Waals surface area contributed by atoms with Crippen LogP contribution in [-0.4, -0.2) is 35.5 Å². The van der Waals surface area contributed by atoms with Gasteiger partial charge >= 0.3 is 6.09 Å². The highest BCUT2D eigenvalue weighted by Crippen LogP contribution is 2.16. The van der Waals surface area contributed by atoms with E-state index < -0.39 is 6.09 Å². The highest BCUT2D eigenvalue weighted by molar-refractivity contribution is 6.07. The first kappa shape index (κ1) is 17.3. The van der Waals surface area contributed by atoms with Crippen LogP contribution in [0.25, 0.3) is 6.08 Å². The molecule has 0 aliphatic carbocycles. The van der Waals surface area contributed by atoms with Crippen molar-refractivity contribution in [3.8, 4) is 11.5 Å². The Morgan fingerprint density at radius 2 is 1.88 bits per heavy atom. The number of nitrogens with zero attached hydrogens (tertiary/aromatic N) is 1. The van der Waals surface area contributed by atoms with E-state index in [4.69, 9.17) is 4.74 Å². The quantitative estimate of drug-likeness (QED) is 0.672. The van der Waals surface area contributed by atoms with Crippen molar-refractivity contribution in [3.05, 3.63) is 65.7 Å². The minimum absolute atomic E-state index is 0.0532. The number of rotatable bonds is 5. The second-order valence-electron chi connectivity index (χ2n) is 5.20. The molecule has 0 aliphatic rings. The fraction of sp³-hybridized carbons (Fsp3) is 0.158. The van der Waals surface area contributed by atoms with Crippen LogP contribution in [0.3, 0.4) is 0 Å². The van der Waals surface area contributed by atoms with Gasteiger partial charge in [-0.25, -0.2) is 4.79 Å². The third kappa shape index (κ3) is 4.71. The number of carbonyl (C=O) groups excluding carboxylic acids is 2. The number of benzene rings is 2. The van der Waals surface area contributed by atoms with Gasteiger partial charge in [-0.1, -0.05) is 30.3 Å². The maximum atomic E-state index is 12.0. The normalized spacial score (nSPS) is 10.6. The number of aromatic hydroxyl groups is 1. The molecular weight excluding hydrogens is 306 g/mol. The molecule has 1 amide bonds. The zero-order chi connectivity index (χ0) is 17.5. The number of phenols is 1. The van der Waals surface area contributed by atoms with Crippen LogP contribution in [0, 0.1) is 0 Å². The summed E-state index contributed by atoms with van der Waals surface area (Å²) >= 11 is 0. The molecule has 0 unspecified atom stereocenters. The van der Waals surface area contributed by atoms with Crippen LogP contribution >= 0.6 is 0 Å². The molecule has 0 saturated carbocycles. The van der Waals surface area contributed by atoms with Gasteiger partial charge in [0.1, 0.15) is 11.5 Å². The minimum atomic E-state index is -0.417. The second kappa shape index (κ2) is 7.97. The molecular formula is C19H19NO4. The van der Waals surface area contributed by atoms with Crippen LogP contribution < -0.4 is 4.74 Å². The van der Waals surface area contributed by atoms with E-state index in [2.05, 4.69) is 0 Å². The summed E-state index contributed by atoms with van der Waals surface area (Å²) in [6, 6.07) is 13.0. The lowest BCUT2D eigenvalue weighted by atomic mass is 10.1. The van der Waals surface area contributed by atoms with Crippen molar-refractivity contribution in [2.75, 3.05) is 13.6 Å². The van der Waals surface area contributed by atoms with Gasteiger partial charge in [-0.15, -0.1) is 0 Å². The van der Waals surface area contributed by atoms with Crippen LogP contribution in [0.15, 0.2) is 54.6 Å². The van der Waals surface area contributed by atoms with Crippen molar-refractivity contribution in [3.63, 3.8) is 0 Å². The molecule has 0 saturated heterocycles. The van der Waals surface area contributed by atoms with Crippen molar-refractivity contribution in [1.29, 1.82) is 0 Å². The number of ketones is 1. The lowest BCUT2D eigenvalue weighted by molar-refractivity contribution is 0.104. The monoisotopic (exact) mass is 325 g/mol. The van der Waals surface area contributed by atoms with E-state index in [9.17, 15) is 14.7 Å². The molecule has 0 aliphatic heterocycles. The van der Waals surface area contributed by atoms with E-state index in [1.165, 1.54) is 23.1 Å². The Morgan fingerprint density at radius 3 is 2.50 bits per heavy atom. The molecule has 124 valence electrons. The first-order valence-electron chi connectivity index (χ1n) is 7.54. The summed E-state index contributed by atoms with van der Waals surface area (Å²) < 4.78 is 5.20. The van der Waals surface area contributed by atoms with E-state index in [1.54, 1.807) is 49.5 Å². The molecule has 0 fully saturated rings. The third-order valence-corrected chi connectivity index (χ3v) is 3.43. The number of ether oxygens (including phenoxy) is 1. The van der Waals surface area contributed by atoms with Gasteiger partial charge in [0.25, 0.3) is 0 Å². The van der Waals surface area contributed by atoms with Gasteiger partial charge in [-0.3, -0.25) is 4.79 Å². The molecule has 2 rings (SSSR count). The number of hydrogen-bond donors (Lipinski definition) is 1. The summed E-state index contributed by atoms with van der Waals surface area (Å²) in [5.41, 5.74) is 1.21. The maximum absolute atomic E-state index is 12.0. The summed E-state index contributed by atoms with van der Waals surface area (Å²) in [6.45, 7) is 2.43. The van der Waals surface area contributed by atoms with Gasteiger partial charge in [0, 0.05) is 19.2 Å². The average molecular weight is 325 g/mol. The molecule has 0 aromatic heterocycles. The number of carbonyl (C=O) groups is 2. The Bertz CT molecular complexity index is 750. The summed E-state index contributed by atoms with van der Waals surface area (Å²) in [5.74, 6) is 0.292. The molecule has 5 heteroatoms. The fourth-order valence-corrected chi connectivity index (χ4v) is 1.88. The van der Waals surface area contributed by atoms with Gasteiger partial charge in [0.15, 0.2) is 5.78 Å². The van der Waals surface area contributed by atoms with E-state index >= 15 is 0 Å². The molecule has 5 nitrogen and oxygen atoms in total. The summed E-state index contributed by atoms with van der Waals surface area (Å²) in [7, 11) is 1.66. The van der Waals surface area contributed by atoms with Crippen molar-refractivity contribution >= 4 is 18.0 Å². The van der Waals surface area contributed by atoms with Crippen LogP contribution in [0.2, 0.25) is 0 Å². The van der Waals surface area contributed by atoms with Crippen molar-refractivity contribution in [2.45, 2.75) is 6.92 Å². The standard InChI is InChI=1S/C19H19NO4/c1-3-20(2)19(23)24-17-10-7-14(8-11-17)9-12-18(22)15-5-4-6-16(21)13-15/h4-13,21H,3H2,1-2H3/b12-9+. The number of amides is 1. The lowest BCUT2D eigenvalue weighted by Gasteiger charge is -2.14. The molecule has 0 heterocycles. The topological polar surface area (TPSA) is 66.8 Å². The Kier molecular flexibility index (Phi) is 5.73. The number of hydrogen-bond acceptors (Lipinski definition) is 4. The molecule has 1 N–H and O–H groups in total. The Labute approximate surface area is 140 Å². The average Bonchev–Trinajstić information content (AvgIpc) is 2.60. The van der Waals surface area contributed by atoms with Gasteiger partial charge in [0.05, 0.1) is 0 Å². The highest BCUT2D eigenvalue weighted by Gasteiger charge is 2.08. The Balaban J connectivity index is 2.01. The molecule has 0 radical (unpaired) electrons. The van der Waals surface area contributed by atoms with Crippen LogP contribution in [-0.2, 0) is 0 Å². The van der Waals surface area contributed by atoms with Gasteiger partial charge in [-0.05, 0) is 42.8 Å². The summed E-state index contributed by atoms with van der Waals surface area (Å²) in [4.78, 5) is 25.1. The predicted molar refractivity (Wildman–Crippen MR) is 92.2 cm³/mol. The van der Waals surface area contributed by atoms with Crippen molar-refractivity contribution in [2.24, 2.45) is 0 Å². The summed E-state index contributed by atoms with van der Waals surface area (Å²) in [6.07, 6.45) is 2.68.